The van der Waals surface area contributed by atoms with Gasteiger partial charge >= 0.3 is 0 Å². The van der Waals surface area contributed by atoms with Gasteiger partial charge in [0.05, 0.1) is 24.2 Å². The predicted molar refractivity (Wildman–Crippen MR) is 84.7 cm³/mol. The molecule has 3 rings (SSSR count). The molecular weight excluding hydrogens is 262 g/mol. The van der Waals surface area contributed by atoms with Crippen molar-refractivity contribution in [3.63, 3.8) is 0 Å². The first-order valence-corrected chi connectivity index (χ1v) is 7.11. The normalized spacial score (nSPS) is 11.1. The van der Waals surface area contributed by atoms with E-state index in [4.69, 9.17) is 9.72 Å². The number of ether oxygens (including phenoxy) is 1. The number of hydrogen-bond donors (Lipinski definition) is 1. The van der Waals surface area contributed by atoms with Crippen molar-refractivity contribution in [1.82, 2.24) is 14.9 Å². The maximum Gasteiger partial charge on any atom is 0.128 e. The van der Waals surface area contributed by atoms with Crippen LogP contribution in [0.25, 0.3) is 16.7 Å². The first kappa shape index (κ1) is 13.8. The fourth-order valence-electron chi connectivity index (χ4n) is 2.43. The lowest BCUT2D eigenvalue weighted by atomic mass is 10.3. The van der Waals surface area contributed by atoms with Crippen molar-refractivity contribution in [2.24, 2.45) is 0 Å². The highest BCUT2D eigenvalue weighted by Gasteiger charge is 2.11. The second-order valence-corrected chi connectivity index (χ2v) is 4.86. The molecule has 1 aromatic heterocycles. The molecule has 4 nitrogen and oxygen atoms in total. The average Bonchev–Trinajstić information content (AvgIpc) is 2.90. The van der Waals surface area contributed by atoms with Gasteiger partial charge in [-0.15, -0.1) is 0 Å². The molecule has 0 radical (unpaired) electrons. The summed E-state index contributed by atoms with van der Waals surface area (Å²) in [6.45, 7) is 2.23. The van der Waals surface area contributed by atoms with E-state index in [2.05, 4.69) is 28.1 Å². The smallest absolute Gasteiger partial charge is 0.128 e. The number of aromatic nitrogens is 2. The molecule has 0 saturated carbocycles. The van der Waals surface area contributed by atoms with Crippen molar-refractivity contribution >= 4 is 11.0 Å². The van der Waals surface area contributed by atoms with E-state index in [9.17, 15) is 0 Å². The van der Waals surface area contributed by atoms with Crippen LogP contribution in [0.4, 0.5) is 0 Å². The molecule has 108 valence electrons. The summed E-state index contributed by atoms with van der Waals surface area (Å²) < 4.78 is 7.27. The third kappa shape index (κ3) is 2.96. The van der Waals surface area contributed by atoms with Crippen molar-refractivity contribution < 1.29 is 4.74 Å². The Bertz CT molecular complexity index is 706. The summed E-state index contributed by atoms with van der Waals surface area (Å²) in [6, 6.07) is 18.6. The van der Waals surface area contributed by atoms with Crippen molar-refractivity contribution in [1.29, 1.82) is 0 Å². The summed E-state index contributed by atoms with van der Waals surface area (Å²) in [7, 11) is 1.71. The molecule has 4 heteroatoms. The van der Waals surface area contributed by atoms with Crippen molar-refractivity contribution in [3.8, 4) is 5.69 Å². The van der Waals surface area contributed by atoms with Gasteiger partial charge in [-0.2, -0.15) is 0 Å². The first-order chi connectivity index (χ1) is 10.4. The molecule has 0 aliphatic carbocycles. The van der Waals surface area contributed by atoms with E-state index < -0.39 is 0 Å². The molecule has 0 saturated heterocycles. The first-order valence-electron chi connectivity index (χ1n) is 7.11. The van der Waals surface area contributed by atoms with Gasteiger partial charge in [0.1, 0.15) is 5.82 Å². The van der Waals surface area contributed by atoms with E-state index in [0.717, 1.165) is 29.1 Å². The van der Waals surface area contributed by atoms with Crippen LogP contribution in [0.15, 0.2) is 54.6 Å². The second kappa shape index (κ2) is 6.52. The zero-order valence-corrected chi connectivity index (χ0v) is 12.1. The lowest BCUT2D eigenvalue weighted by Crippen LogP contribution is -2.20. The highest BCUT2D eigenvalue weighted by atomic mass is 16.5. The Kier molecular flexibility index (Phi) is 4.28. The van der Waals surface area contributed by atoms with Crippen LogP contribution in [0, 0.1) is 0 Å². The molecule has 0 bridgehead atoms. The molecule has 0 aliphatic rings. The zero-order chi connectivity index (χ0) is 14.5. The van der Waals surface area contributed by atoms with Crippen LogP contribution in [0.1, 0.15) is 5.82 Å². The molecule has 0 amide bonds. The molecule has 21 heavy (non-hydrogen) atoms. The molecule has 1 heterocycles. The van der Waals surface area contributed by atoms with Gasteiger partial charge in [-0.1, -0.05) is 30.3 Å². The van der Waals surface area contributed by atoms with Crippen LogP contribution in [-0.4, -0.2) is 29.8 Å². The molecule has 2 aromatic carbocycles. The minimum Gasteiger partial charge on any atom is -0.383 e. The topological polar surface area (TPSA) is 39.1 Å². The van der Waals surface area contributed by atoms with Gasteiger partial charge in [-0.05, 0) is 24.3 Å². The zero-order valence-electron chi connectivity index (χ0n) is 12.1. The highest BCUT2D eigenvalue weighted by Crippen LogP contribution is 2.21. The maximum absolute atomic E-state index is 5.06. The molecular formula is C17H19N3O. The summed E-state index contributed by atoms with van der Waals surface area (Å²) in [4.78, 5) is 4.75. The molecule has 0 spiro atoms. The molecule has 0 atom stereocenters. The van der Waals surface area contributed by atoms with Crippen LogP contribution in [-0.2, 0) is 11.3 Å². The van der Waals surface area contributed by atoms with Crippen LogP contribution in [0.2, 0.25) is 0 Å². The number of nitrogens with zero attached hydrogens (tertiary/aromatic N) is 2. The van der Waals surface area contributed by atoms with E-state index >= 15 is 0 Å². The second-order valence-electron chi connectivity index (χ2n) is 4.86. The van der Waals surface area contributed by atoms with Gasteiger partial charge in [0, 0.05) is 19.3 Å². The summed E-state index contributed by atoms with van der Waals surface area (Å²) in [5, 5.41) is 3.37. The lowest BCUT2D eigenvalue weighted by molar-refractivity contribution is 0.199. The van der Waals surface area contributed by atoms with Gasteiger partial charge in [0.15, 0.2) is 0 Å². The van der Waals surface area contributed by atoms with Crippen LogP contribution in [0.5, 0.6) is 0 Å². The van der Waals surface area contributed by atoms with E-state index in [0.29, 0.717) is 13.2 Å². The van der Waals surface area contributed by atoms with Gasteiger partial charge in [0.25, 0.3) is 0 Å². The van der Waals surface area contributed by atoms with Crippen molar-refractivity contribution in [2.75, 3.05) is 20.3 Å². The monoisotopic (exact) mass is 281 g/mol. The van der Waals surface area contributed by atoms with E-state index in [1.165, 1.54) is 0 Å². The SMILES string of the molecule is COCCNCc1nc2ccccc2n1-c1ccccc1. The quantitative estimate of drug-likeness (QED) is 0.706. The Morgan fingerprint density at radius 3 is 2.62 bits per heavy atom. The summed E-state index contributed by atoms with van der Waals surface area (Å²) >= 11 is 0. The number of hydrogen-bond acceptors (Lipinski definition) is 3. The number of nitrogens with one attached hydrogen (secondary N) is 1. The molecule has 0 aliphatic heterocycles. The van der Waals surface area contributed by atoms with Crippen LogP contribution in [0.3, 0.4) is 0 Å². The Balaban J connectivity index is 1.98. The highest BCUT2D eigenvalue weighted by molar-refractivity contribution is 5.78. The van der Waals surface area contributed by atoms with Gasteiger partial charge in [-0.25, -0.2) is 4.98 Å². The van der Waals surface area contributed by atoms with Gasteiger partial charge < -0.3 is 10.1 Å². The Labute approximate surface area is 124 Å². The number of imidazole rings is 1. The predicted octanol–water partition coefficient (Wildman–Crippen LogP) is 2.76. The largest absolute Gasteiger partial charge is 0.383 e. The molecule has 0 fully saturated rings. The maximum atomic E-state index is 5.06. The number of para-hydroxylation sites is 3. The Morgan fingerprint density at radius 1 is 1.05 bits per heavy atom. The lowest BCUT2D eigenvalue weighted by Gasteiger charge is -2.10. The van der Waals surface area contributed by atoms with Crippen molar-refractivity contribution in [2.45, 2.75) is 6.54 Å². The van der Waals surface area contributed by atoms with Crippen LogP contribution < -0.4 is 5.32 Å². The Hall–Kier alpha value is -2.17. The number of fused-ring (bicyclic) bond motifs is 1. The minimum atomic E-state index is 0.700. The Morgan fingerprint density at radius 2 is 1.81 bits per heavy atom. The van der Waals surface area contributed by atoms with Gasteiger partial charge in [0.2, 0.25) is 0 Å². The minimum absolute atomic E-state index is 0.700. The number of rotatable bonds is 6. The van der Waals surface area contributed by atoms with Gasteiger partial charge in [-0.3, -0.25) is 4.57 Å². The average molecular weight is 281 g/mol. The summed E-state index contributed by atoms with van der Waals surface area (Å²) in [5.74, 6) is 1.01. The standard InChI is InChI=1S/C17H19N3O/c1-21-12-11-18-13-17-19-15-9-5-6-10-16(15)20(17)14-7-3-2-4-8-14/h2-10,18H,11-13H2,1H3. The molecule has 1 N–H and O–H groups in total. The third-order valence-corrected chi connectivity index (χ3v) is 3.41. The van der Waals surface area contributed by atoms with E-state index in [1.807, 2.05) is 36.4 Å². The summed E-state index contributed by atoms with van der Waals surface area (Å²) in [5.41, 5.74) is 3.28. The fourth-order valence-corrected chi connectivity index (χ4v) is 2.43. The molecule has 3 aromatic rings. The summed E-state index contributed by atoms with van der Waals surface area (Å²) in [6.07, 6.45) is 0. The molecule has 0 unspecified atom stereocenters. The van der Waals surface area contributed by atoms with Crippen molar-refractivity contribution in [3.05, 3.63) is 60.4 Å². The van der Waals surface area contributed by atoms with E-state index in [-0.39, 0.29) is 0 Å². The van der Waals surface area contributed by atoms with E-state index in [1.54, 1.807) is 7.11 Å². The van der Waals surface area contributed by atoms with Crippen LogP contribution >= 0.6 is 0 Å². The fraction of sp³-hybridized carbons (Fsp3) is 0.235. The number of benzene rings is 2. The third-order valence-electron chi connectivity index (χ3n) is 3.41. The number of methoxy groups -OCH3 is 1.